The van der Waals surface area contributed by atoms with E-state index in [1.165, 1.54) is 0 Å². The van der Waals surface area contributed by atoms with Crippen molar-refractivity contribution >= 4 is 18.6 Å². The van der Waals surface area contributed by atoms with Crippen molar-refractivity contribution in [2.75, 3.05) is 61.8 Å². The molecule has 0 spiro atoms. The second kappa shape index (κ2) is 17.3. The van der Waals surface area contributed by atoms with Crippen LogP contribution in [0.25, 0.3) is 0 Å². The van der Waals surface area contributed by atoms with Gasteiger partial charge in [0, 0.05) is 54.7 Å². The lowest BCUT2D eigenvalue weighted by atomic mass is 10.3. The van der Waals surface area contributed by atoms with Crippen molar-refractivity contribution < 1.29 is 27.2 Å². The van der Waals surface area contributed by atoms with Crippen LogP contribution in [-0.2, 0) is 27.2 Å². The summed E-state index contributed by atoms with van der Waals surface area (Å²) < 4.78 is 33.0. The number of rotatable bonds is 18. The highest BCUT2D eigenvalue weighted by Crippen LogP contribution is 2.05. The van der Waals surface area contributed by atoms with Gasteiger partial charge in [-0.1, -0.05) is 0 Å². The Bertz CT molecular complexity index is 281. The van der Waals surface area contributed by atoms with E-state index >= 15 is 0 Å². The Labute approximate surface area is 163 Å². The fourth-order valence-electron chi connectivity index (χ4n) is 2.79. The van der Waals surface area contributed by atoms with Crippen LogP contribution in [0.3, 0.4) is 0 Å². The average molecular weight is 412 g/mol. The molecule has 0 aliphatic heterocycles. The molecule has 0 aromatic rings. The fourth-order valence-corrected chi connectivity index (χ4v) is 5.12. The predicted molar refractivity (Wildman–Crippen MR) is 110 cm³/mol. The summed E-state index contributed by atoms with van der Waals surface area (Å²) in [6, 6.07) is 1.96. The molecule has 0 radical (unpaired) electrons. The Hall–Kier alpha value is 0.154. The van der Waals surface area contributed by atoms with Crippen LogP contribution in [0.1, 0.15) is 26.7 Å². The smallest absolute Gasteiger partial charge is 0.320 e. The minimum absolute atomic E-state index is 0.201. The quantitative estimate of drug-likeness (QED) is 0.250. The first-order chi connectivity index (χ1) is 12.5. The number of nitrogens with zero attached hydrogens (tertiary/aromatic N) is 1. The van der Waals surface area contributed by atoms with Crippen LogP contribution in [0, 0.1) is 0 Å². The van der Waals surface area contributed by atoms with Crippen LogP contribution in [0.4, 0.5) is 0 Å². The summed E-state index contributed by atoms with van der Waals surface area (Å²) in [4.78, 5) is 2.26. The average Bonchev–Trinajstić information content (AvgIpc) is 2.61. The summed E-state index contributed by atoms with van der Waals surface area (Å²) in [5, 5.41) is 0. The van der Waals surface area contributed by atoms with E-state index < -0.39 is 18.6 Å². The molecule has 2 atom stereocenters. The van der Waals surface area contributed by atoms with Gasteiger partial charge in [-0.15, -0.1) is 0 Å². The molecule has 0 heterocycles. The van der Waals surface area contributed by atoms with E-state index in [1.54, 1.807) is 28.4 Å². The minimum atomic E-state index is -1.45. The highest BCUT2D eigenvalue weighted by atomic mass is 28.3. The zero-order valence-corrected chi connectivity index (χ0v) is 20.2. The van der Waals surface area contributed by atoms with Gasteiger partial charge in [0.15, 0.2) is 0 Å². The molecule has 0 N–H and O–H groups in total. The first-order valence-corrected chi connectivity index (χ1v) is 13.0. The van der Waals surface area contributed by atoms with Crippen LogP contribution in [0.2, 0.25) is 12.1 Å². The van der Waals surface area contributed by atoms with Gasteiger partial charge in [-0.3, -0.25) is 0 Å². The molecule has 9 heteroatoms. The summed E-state index contributed by atoms with van der Waals surface area (Å²) in [6.07, 6.45) is 2.37. The van der Waals surface area contributed by atoms with Gasteiger partial charge in [-0.25, -0.2) is 0 Å². The van der Waals surface area contributed by atoms with Crippen LogP contribution in [0.15, 0.2) is 0 Å². The van der Waals surface area contributed by atoms with E-state index in [9.17, 15) is 0 Å². The number of likely N-dealkylation sites (N-methyl/N-ethyl adjacent to an activating group) is 1. The molecule has 2 unspecified atom stereocenters. The van der Waals surface area contributed by atoms with Crippen LogP contribution in [-0.4, -0.2) is 97.5 Å². The Morgan fingerprint density at radius 2 is 1.04 bits per heavy atom. The van der Waals surface area contributed by atoms with Gasteiger partial charge in [0.05, 0.1) is 12.2 Å². The molecule has 0 saturated carbocycles. The predicted octanol–water partition coefficient (Wildman–Crippen LogP) is 1.54. The first kappa shape index (κ1) is 26.2. The SMILES string of the molecule is CO[SiH](CCCOC(C)CN(C)CC(C)OCCC[SiH](OC)OC)OC. The lowest BCUT2D eigenvalue weighted by Crippen LogP contribution is -2.35. The molecule has 0 bridgehead atoms. The number of hydrogen-bond acceptors (Lipinski definition) is 7. The zero-order chi connectivity index (χ0) is 19.8. The summed E-state index contributed by atoms with van der Waals surface area (Å²) in [6.45, 7) is 7.52. The Morgan fingerprint density at radius 3 is 1.35 bits per heavy atom. The molecule has 26 heavy (non-hydrogen) atoms. The molecular weight excluding hydrogens is 370 g/mol. The number of ether oxygens (including phenoxy) is 2. The van der Waals surface area contributed by atoms with Crippen molar-refractivity contribution in [1.82, 2.24) is 4.90 Å². The van der Waals surface area contributed by atoms with Crippen molar-refractivity contribution in [1.29, 1.82) is 0 Å². The van der Waals surface area contributed by atoms with Crippen LogP contribution < -0.4 is 0 Å². The highest BCUT2D eigenvalue weighted by Gasteiger charge is 2.13. The van der Waals surface area contributed by atoms with Crippen molar-refractivity contribution in [2.45, 2.75) is 51.0 Å². The lowest BCUT2D eigenvalue weighted by molar-refractivity contribution is 0.0134. The highest BCUT2D eigenvalue weighted by molar-refractivity contribution is 6.44. The summed E-state index contributed by atoms with van der Waals surface area (Å²) in [7, 11) is 6.09. The molecule has 7 nitrogen and oxygen atoms in total. The van der Waals surface area contributed by atoms with Gasteiger partial charge in [0.1, 0.15) is 0 Å². The molecule has 0 aliphatic carbocycles. The standard InChI is InChI=1S/C17H41NO6Si2/c1-16(23-10-8-12-25(19-4)20-5)14-18(3)15-17(2)24-11-9-13-26(21-6)22-7/h16-17,25-26H,8-15H2,1-7H3. The maximum absolute atomic E-state index is 5.89. The molecule has 0 fully saturated rings. The van der Waals surface area contributed by atoms with Crippen molar-refractivity contribution in [3.63, 3.8) is 0 Å². The summed E-state index contributed by atoms with van der Waals surface area (Å²) >= 11 is 0. The van der Waals surface area contributed by atoms with Crippen LogP contribution >= 0.6 is 0 Å². The Morgan fingerprint density at radius 1 is 0.692 bits per heavy atom. The molecule has 0 rings (SSSR count). The topological polar surface area (TPSA) is 58.6 Å². The van der Waals surface area contributed by atoms with Crippen molar-refractivity contribution in [3.8, 4) is 0 Å². The molecule has 0 saturated heterocycles. The largest absolute Gasteiger partial charge is 0.400 e. The zero-order valence-electron chi connectivity index (χ0n) is 17.9. The maximum atomic E-state index is 5.89. The second-order valence-electron chi connectivity index (χ2n) is 6.67. The molecular formula is C17H41NO6Si2. The normalized spacial score (nSPS) is 14.5. The Balaban J connectivity index is 3.73. The fraction of sp³-hybridized carbons (Fsp3) is 1.00. The molecule has 158 valence electrons. The second-order valence-corrected chi connectivity index (χ2v) is 11.4. The van der Waals surface area contributed by atoms with Gasteiger partial charge in [0.25, 0.3) is 0 Å². The number of hydrogen-bond donors (Lipinski definition) is 0. The molecule has 0 amide bonds. The third-order valence-corrected chi connectivity index (χ3v) is 8.02. The van der Waals surface area contributed by atoms with E-state index in [2.05, 4.69) is 25.8 Å². The Kier molecular flexibility index (Phi) is 17.4. The summed E-state index contributed by atoms with van der Waals surface area (Å²) in [5.74, 6) is 0. The lowest BCUT2D eigenvalue weighted by Gasteiger charge is -2.25. The van der Waals surface area contributed by atoms with E-state index in [4.69, 9.17) is 27.2 Å². The first-order valence-electron chi connectivity index (χ1n) is 9.49. The molecule has 0 aromatic carbocycles. The molecule has 0 aromatic heterocycles. The van der Waals surface area contributed by atoms with E-state index in [1.807, 2.05) is 0 Å². The van der Waals surface area contributed by atoms with Gasteiger partial charge >= 0.3 is 18.6 Å². The van der Waals surface area contributed by atoms with Crippen molar-refractivity contribution in [3.05, 3.63) is 0 Å². The molecule has 0 aliphatic rings. The van der Waals surface area contributed by atoms with Crippen molar-refractivity contribution in [2.24, 2.45) is 0 Å². The van der Waals surface area contributed by atoms with E-state index in [-0.39, 0.29) is 12.2 Å². The van der Waals surface area contributed by atoms with E-state index in [0.717, 1.165) is 51.2 Å². The van der Waals surface area contributed by atoms with Gasteiger partial charge < -0.3 is 32.1 Å². The monoisotopic (exact) mass is 411 g/mol. The van der Waals surface area contributed by atoms with Gasteiger partial charge in [0.2, 0.25) is 0 Å². The third kappa shape index (κ3) is 14.2. The van der Waals surface area contributed by atoms with Crippen LogP contribution in [0.5, 0.6) is 0 Å². The maximum Gasteiger partial charge on any atom is 0.320 e. The van der Waals surface area contributed by atoms with E-state index in [0.29, 0.717) is 0 Å². The summed E-state index contributed by atoms with van der Waals surface area (Å²) in [5.41, 5.74) is 0. The minimum Gasteiger partial charge on any atom is -0.400 e. The van der Waals surface area contributed by atoms with Gasteiger partial charge in [-0.05, 0) is 45.8 Å². The van der Waals surface area contributed by atoms with Gasteiger partial charge in [-0.2, -0.15) is 0 Å². The third-order valence-electron chi connectivity index (χ3n) is 4.16.